The van der Waals surface area contributed by atoms with Gasteiger partial charge >= 0.3 is 0 Å². The van der Waals surface area contributed by atoms with Crippen molar-refractivity contribution < 1.29 is 4.79 Å². The fourth-order valence-electron chi connectivity index (χ4n) is 2.13. The summed E-state index contributed by atoms with van der Waals surface area (Å²) in [5, 5.41) is 6.29. The highest BCUT2D eigenvalue weighted by Gasteiger charge is 2.21. The van der Waals surface area contributed by atoms with Gasteiger partial charge in [0, 0.05) is 12.4 Å². The van der Waals surface area contributed by atoms with Crippen LogP contribution in [0.5, 0.6) is 0 Å². The van der Waals surface area contributed by atoms with Gasteiger partial charge < -0.3 is 10.6 Å². The normalized spacial score (nSPS) is 21.8. The second-order valence-corrected chi connectivity index (χ2v) is 4.51. The van der Waals surface area contributed by atoms with E-state index in [1.54, 1.807) is 12.4 Å². The maximum absolute atomic E-state index is 12.0. The van der Waals surface area contributed by atoms with E-state index in [1.165, 1.54) is 6.42 Å². The van der Waals surface area contributed by atoms with Crippen LogP contribution in [0.1, 0.15) is 37.8 Å². The van der Waals surface area contributed by atoms with Gasteiger partial charge in [-0.25, -0.2) is 0 Å². The molecule has 4 heteroatoms. The summed E-state index contributed by atoms with van der Waals surface area (Å²) in [5.74, 6) is 0.106. The lowest BCUT2D eigenvalue weighted by atomic mass is 10.0. The number of rotatable bonds is 3. The monoisotopic (exact) mass is 233 g/mol. The summed E-state index contributed by atoms with van der Waals surface area (Å²) in [6, 6.07) is 3.88. The molecule has 17 heavy (non-hydrogen) atoms. The van der Waals surface area contributed by atoms with Crippen LogP contribution in [0.15, 0.2) is 24.5 Å². The van der Waals surface area contributed by atoms with Crippen LogP contribution in [0.25, 0.3) is 0 Å². The molecule has 2 N–H and O–H groups in total. The Morgan fingerprint density at radius 1 is 1.47 bits per heavy atom. The molecule has 0 unspecified atom stereocenters. The van der Waals surface area contributed by atoms with Crippen molar-refractivity contribution >= 4 is 5.91 Å². The smallest absolute Gasteiger partial charge is 0.237 e. The maximum atomic E-state index is 12.0. The molecule has 2 heterocycles. The van der Waals surface area contributed by atoms with Gasteiger partial charge in [0.25, 0.3) is 0 Å². The standard InChI is InChI=1S/C13H19N3O/c1-10(11-5-8-14-9-6-11)16-13(17)12-4-2-3-7-15-12/h5-6,8-10,12,15H,2-4,7H2,1H3,(H,16,17)/t10-,12-/m1/s1. The van der Waals surface area contributed by atoms with Crippen molar-refractivity contribution in [3.63, 3.8) is 0 Å². The van der Waals surface area contributed by atoms with Crippen molar-refractivity contribution in [3.05, 3.63) is 30.1 Å². The number of aromatic nitrogens is 1. The number of nitrogens with zero attached hydrogens (tertiary/aromatic N) is 1. The van der Waals surface area contributed by atoms with Crippen molar-refractivity contribution in [1.82, 2.24) is 15.6 Å². The number of hydrogen-bond donors (Lipinski definition) is 2. The highest BCUT2D eigenvalue weighted by Crippen LogP contribution is 2.12. The zero-order chi connectivity index (χ0) is 12.1. The van der Waals surface area contributed by atoms with Gasteiger partial charge in [-0.1, -0.05) is 6.42 Å². The molecule has 0 saturated carbocycles. The highest BCUT2D eigenvalue weighted by molar-refractivity contribution is 5.82. The largest absolute Gasteiger partial charge is 0.348 e. The third kappa shape index (κ3) is 3.27. The first kappa shape index (κ1) is 12.0. The second kappa shape index (κ2) is 5.77. The van der Waals surface area contributed by atoms with Crippen molar-refractivity contribution in [2.75, 3.05) is 6.54 Å². The molecule has 1 aromatic rings. The van der Waals surface area contributed by atoms with Crippen molar-refractivity contribution in [2.24, 2.45) is 0 Å². The Balaban J connectivity index is 1.89. The van der Waals surface area contributed by atoms with E-state index in [1.807, 2.05) is 19.1 Å². The molecule has 1 aromatic heterocycles. The van der Waals surface area contributed by atoms with Crippen molar-refractivity contribution in [1.29, 1.82) is 0 Å². The summed E-state index contributed by atoms with van der Waals surface area (Å²) >= 11 is 0. The van der Waals surface area contributed by atoms with Gasteiger partial charge in [-0.15, -0.1) is 0 Å². The molecular formula is C13H19N3O. The number of nitrogens with one attached hydrogen (secondary N) is 2. The van der Waals surface area contributed by atoms with Gasteiger partial charge in [-0.2, -0.15) is 0 Å². The Bertz CT molecular complexity index is 360. The summed E-state index contributed by atoms with van der Waals surface area (Å²) in [5.41, 5.74) is 1.09. The van der Waals surface area contributed by atoms with Crippen LogP contribution in [-0.2, 0) is 4.79 Å². The van der Waals surface area contributed by atoms with Crippen molar-refractivity contribution in [2.45, 2.75) is 38.3 Å². The van der Waals surface area contributed by atoms with Gasteiger partial charge in [0.15, 0.2) is 0 Å². The van der Waals surface area contributed by atoms with Crippen LogP contribution in [0.3, 0.4) is 0 Å². The maximum Gasteiger partial charge on any atom is 0.237 e. The fraction of sp³-hybridized carbons (Fsp3) is 0.538. The number of pyridine rings is 1. The Labute approximate surface area is 102 Å². The zero-order valence-electron chi connectivity index (χ0n) is 10.1. The quantitative estimate of drug-likeness (QED) is 0.829. The van der Waals surface area contributed by atoms with E-state index in [0.29, 0.717) is 0 Å². The van der Waals surface area contributed by atoms with Crippen LogP contribution in [-0.4, -0.2) is 23.5 Å². The van der Waals surface area contributed by atoms with Gasteiger partial charge in [0.1, 0.15) is 0 Å². The molecule has 0 radical (unpaired) electrons. The first-order valence-electron chi connectivity index (χ1n) is 6.21. The van der Waals surface area contributed by atoms with Crippen LogP contribution in [0, 0.1) is 0 Å². The molecule has 92 valence electrons. The summed E-state index contributed by atoms with van der Waals surface area (Å²) < 4.78 is 0. The Kier molecular flexibility index (Phi) is 4.09. The number of hydrogen-bond acceptors (Lipinski definition) is 3. The van der Waals surface area contributed by atoms with E-state index in [4.69, 9.17) is 0 Å². The topological polar surface area (TPSA) is 54.0 Å². The molecule has 1 fully saturated rings. The average Bonchev–Trinajstić information content (AvgIpc) is 2.40. The van der Waals surface area contributed by atoms with Crippen molar-refractivity contribution in [3.8, 4) is 0 Å². The summed E-state index contributed by atoms with van der Waals surface area (Å²) in [6.07, 6.45) is 6.74. The molecule has 1 amide bonds. The minimum Gasteiger partial charge on any atom is -0.348 e. The lowest BCUT2D eigenvalue weighted by Crippen LogP contribution is -2.47. The predicted molar refractivity (Wildman–Crippen MR) is 66.4 cm³/mol. The molecule has 2 atom stereocenters. The molecule has 0 aromatic carbocycles. The summed E-state index contributed by atoms with van der Waals surface area (Å²) in [6.45, 7) is 2.94. The third-order valence-electron chi connectivity index (χ3n) is 3.19. The van der Waals surface area contributed by atoms with E-state index in [2.05, 4.69) is 15.6 Å². The Hall–Kier alpha value is -1.42. The minimum atomic E-state index is -0.0203. The SMILES string of the molecule is C[C@@H](NC(=O)[C@H]1CCCCN1)c1ccncc1. The van der Waals surface area contributed by atoms with Crippen LogP contribution >= 0.6 is 0 Å². The lowest BCUT2D eigenvalue weighted by molar-refractivity contribution is -0.124. The molecule has 0 spiro atoms. The van der Waals surface area contributed by atoms with E-state index < -0.39 is 0 Å². The molecule has 0 bridgehead atoms. The predicted octanol–water partition coefficient (Wildman–Crippen LogP) is 1.40. The number of amides is 1. The first-order chi connectivity index (χ1) is 8.27. The van der Waals surface area contributed by atoms with E-state index >= 15 is 0 Å². The van der Waals surface area contributed by atoms with Gasteiger partial charge in [0.05, 0.1) is 12.1 Å². The molecule has 1 aliphatic heterocycles. The van der Waals surface area contributed by atoms with Crippen LogP contribution < -0.4 is 10.6 Å². The number of piperidine rings is 1. The zero-order valence-corrected chi connectivity index (χ0v) is 10.1. The highest BCUT2D eigenvalue weighted by atomic mass is 16.2. The van der Waals surface area contributed by atoms with E-state index in [9.17, 15) is 4.79 Å². The number of carbonyl (C=O) groups excluding carboxylic acids is 1. The summed E-state index contributed by atoms with van der Waals surface area (Å²) in [4.78, 5) is 16.0. The van der Waals surface area contributed by atoms with Gasteiger partial charge in [-0.3, -0.25) is 9.78 Å². The molecule has 2 rings (SSSR count). The second-order valence-electron chi connectivity index (χ2n) is 4.51. The minimum absolute atomic E-state index is 0.0203. The van der Waals surface area contributed by atoms with E-state index in [0.717, 1.165) is 24.9 Å². The van der Waals surface area contributed by atoms with Gasteiger partial charge in [0.2, 0.25) is 5.91 Å². The van der Waals surface area contributed by atoms with Crippen LogP contribution in [0.4, 0.5) is 0 Å². The Morgan fingerprint density at radius 2 is 2.24 bits per heavy atom. The third-order valence-corrected chi connectivity index (χ3v) is 3.19. The van der Waals surface area contributed by atoms with Gasteiger partial charge in [-0.05, 0) is 44.0 Å². The van der Waals surface area contributed by atoms with Crippen LogP contribution in [0.2, 0.25) is 0 Å². The summed E-state index contributed by atoms with van der Waals surface area (Å²) in [7, 11) is 0. The molecular weight excluding hydrogens is 214 g/mol. The fourth-order valence-corrected chi connectivity index (χ4v) is 2.13. The molecule has 1 saturated heterocycles. The average molecular weight is 233 g/mol. The molecule has 4 nitrogen and oxygen atoms in total. The first-order valence-corrected chi connectivity index (χ1v) is 6.21. The Morgan fingerprint density at radius 3 is 2.88 bits per heavy atom. The molecule has 1 aliphatic rings. The van der Waals surface area contributed by atoms with E-state index in [-0.39, 0.29) is 18.0 Å². The molecule has 0 aliphatic carbocycles. The number of carbonyl (C=O) groups is 1. The lowest BCUT2D eigenvalue weighted by Gasteiger charge is -2.24.